The molecule has 1 aromatic carbocycles. The van der Waals surface area contributed by atoms with E-state index in [1.54, 1.807) is 0 Å². The largest absolute Gasteiger partial charge is 0.409 e. The molecule has 4 N–H and O–H groups in total. The molecule has 0 saturated heterocycles. The smallest absolute Gasteiger partial charge is 0.170 e. The van der Waals surface area contributed by atoms with Crippen LogP contribution in [0.3, 0.4) is 0 Å². The summed E-state index contributed by atoms with van der Waals surface area (Å²) < 4.78 is 0. The Labute approximate surface area is 121 Å². The van der Waals surface area contributed by atoms with Crippen molar-refractivity contribution >= 4 is 5.84 Å². The van der Waals surface area contributed by atoms with Crippen molar-refractivity contribution in [3.05, 3.63) is 35.4 Å². The second-order valence-corrected chi connectivity index (χ2v) is 5.70. The molecule has 4 heteroatoms. The van der Waals surface area contributed by atoms with Gasteiger partial charge in [0.25, 0.3) is 0 Å². The van der Waals surface area contributed by atoms with Crippen molar-refractivity contribution in [3.8, 4) is 0 Å². The van der Waals surface area contributed by atoms with Gasteiger partial charge >= 0.3 is 0 Å². The Morgan fingerprint density at radius 1 is 1.35 bits per heavy atom. The molecule has 0 aromatic heterocycles. The Morgan fingerprint density at radius 3 is 2.75 bits per heavy atom. The molecule has 1 saturated carbocycles. The van der Waals surface area contributed by atoms with Gasteiger partial charge in [0.1, 0.15) is 0 Å². The molecule has 0 amide bonds. The molecule has 2 atom stereocenters. The second kappa shape index (κ2) is 7.29. The van der Waals surface area contributed by atoms with E-state index in [0.29, 0.717) is 6.04 Å². The highest BCUT2D eigenvalue weighted by Gasteiger charge is 2.19. The zero-order chi connectivity index (χ0) is 14.4. The van der Waals surface area contributed by atoms with Gasteiger partial charge in [-0.3, -0.25) is 0 Å². The number of nitrogens with one attached hydrogen (secondary N) is 1. The molecule has 0 spiro atoms. The predicted molar refractivity (Wildman–Crippen MR) is 81.8 cm³/mol. The van der Waals surface area contributed by atoms with E-state index in [1.165, 1.54) is 37.7 Å². The molecule has 0 aliphatic heterocycles. The van der Waals surface area contributed by atoms with E-state index in [4.69, 9.17) is 10.9 Å². The van der Waals surface area contributed by atoms with E-state index in [9.17, 15) is 0 Å². The minimum atomic E-state index is 0.155. The lowest BCUT2D eigenvalue weighted by molar-refractivity contribution is 0.278. The third-order valence-electron chi connectivity index (χ3n) is 4.31. The summed E-state index contributed by atoms with van der Waals surface area (Å²) in [7, 11) is 0. The van der Waals surface area contributed by atoms with Gasteiger partial charge in [-0.1, -0.05) is 55.6 Å². The fourth-order valence-corrected chi connectivity index (χ4v) is 2.96. The van der Waals surface area contributed by atoms with E-state index < -0.39 is 0 Å². The van der Waals surface area contributed by atoms with E-state index in [2.05, 4.69) is 17.4 Å². The lowest BCUT2D eigenvalue weighted by Gasteiger charge is -2.29. The van der Waals surface area contributed by atoms with Gasteiger partial charge in [-0.25, -0.2) is 0 Å². The maximum atomic E-state index is 8.63. The zero-order valence-corrected chi connectivity index (χ0v) is 12.2. The Bertz CT molecular complexity index is 442. The summed E-state index contributed by atoms with van der Waals surface area (Å²) in [4.78, 5) is 0. The Hall–Kier alpha value is -1.55. The van der Waals surface area contributed by atoms with E-state index >= 15 is 0 Å². The summed E-state index contributed by atoms with van der Waals surface area (Å²) in [5.74, 6) is 1.05. The van der Waals surface area contributed by atoms with Gasteiger partial charge in [0, 0.05) is 18.2 Å². The number of hydrogen-bond acceptors (Lipinski definition) is 3. The van der Waals surface area contributed by atoms with Gasteiger partial charge in [0.2, 0.25) is 0 Å². The van der Waals surface area contributed by atoms with Crippen LogP contribution in [0, 0.1) is 5.92 Å². The van der Waals surface area contributed by atoms with Crippen molar-refractivity contribution in [2.75, 3.05) is 0 Å². The molecule has 4 nitrogen and oxygen atoms in total. The summed E-state index contributed by atoms with van der Waals surface area (Å²) in [5, 5.41) is 15.3. The van der Waals surface area contributed by atoms with Crippen molar-refractivity contribution in [1.82, 2.24) is 5.32 Å². The highest BCUT2D eigenvalue weighted by atomic mass is 16.4. The molecule has 2 rings (SSSR count). The molecule has 110 valence electrons. The lowest BCUT2D eigenvalue weighted by Crippen LogP contribution is -2.33. The SMILES string of the molecule is CCC1CCCC(NCc2ccc(C(N)=NO)cc2)C1. The summed E-state index contributed by atoms with van der Waals surface area (Å²) in [6.07, 6.45) is 6.63. The normalized spacial score (nSPS) is 23.8. The van der Waals surface area contributed by atoms with Crippen molar-refractivity contribution in [1.29, 1.82) is 0 Å². The summed E-state index contributed by atoms with van der Waals surface area (Å²) >= 11 is 0. The average molecular weight is 275 g/mol. The third-order valence-corrected chi connectivity index (χ3v) is 4.31. The number of nitrogens with two attached hydrogens (primary N) is 1. The number of hydrogen-bond donors (Lipinski definition) is 3. The Morgan fingerprint density at radius 2 is 2.10 bits per heavy atom. The maximum absolute atomic E-state index is 8.63. The third kappa shape index (κ3) is 3.97. The first-order valence-electron chi connectivity index (χ1n) is 7.53. The van der Waals surface area contributed by atoms with Crippen LogP contribution in [-0.2, 0) is 6.54 Å². The second-order valence-electron chi connectivity index (χ2n) is 5.70. The van der Waals surface area contributed by atoms with Crippen molar-refractivity contribution in [2.45, 2.75) is 51.6 Å². The molecule has 0 heterocycles. The summed E-state index contributed by atoms with van der Waals surface area (Å²) in [6.45, 7) is 3.18. The standard InChI is InChI=1S/C16H25N3O/c1-2-12-4-3-5-15(10-12)18-11-13-6-8-14(9-7-13)16(17)19-20/h6-9,12,15,18,20H,2-5,10-11H2,1H3,(H2,17,19). The molecule has 2 unspecified atom stereocenters. The van der Waals surface area contributed by atoms with Crippen molar-refractivity contribution in [2.24, 2.45) is 16.8 Å². The van der Waals surface area contributed by atoms with Crippen molar-refractivity contribution < 1.29 is 5.21 Å². The average Bonchev–Trinajstić information content (AvgIpc) is 2.53. The topological polar surface area (TPSA) is 70.6 Å². The molecule has 1 aromatic rings. The van der Waals surface area contributed by atoms with E-state index in [0.717, 1.165) is 18.0 Å². The highest BCUT2D eigenvalue weighted by molar-refractivity contribution is 5.96. The van der Waals surface area contributed by atoms with Gasteiger partial charge in [0.05, 0.1) is 0 Å². The Balaban J connectivity index is 1.84. The van der Waals surface area contributed by atoms with Crippen LogP contribution < -0.4 is 11.1 Å². The number of nitrogens with zero attached hydrogens (tertiary/aromatic N) is 1. The van der Waals surface area contributed by atoms with Crippen molar-refractivity contribution in [3.63, 3.8) is 0 Å². The number of amidine groups is 1. The van der Waals surface area contributed by atoms with Crippen LogP contribution in [-0.4, -0.2) is 17.1 Å². The molecule has 20 heavy (non-hydrogen) atoms. The summed E-state index contributed by atoms with van der Waals surface area (Å²) in [5.41, 5.74) is 7.53. The quantitative estimate of drug-likeness (QED) is 0.335. The molecule has 1 aliphatic rings. The van der Waals surface area contributed by atoms with Crippen LogP contribution in [0.1, 0.15) is 50.2 Å². The number of rotatable bonds is 5. The van der Waals surface area contributed by atoms with Gasteiger partial charge in [-0.05, 0) is 24.3 Å². The van der Waals surface area contributed by atoms with Crippen LogP contribution in [0.5, 0.6) is 0 Å². The lowest BCUT2D eigenvalue weighted by atomic mass is 9.84. The monoisotopic (exact) mass is 275 g/mol. The first-order valence-corrected chi connectivity index (χ1v) is 7.53. The Kier molecular flexibility index (Phi) is 5.41. The van der Waals surface area contributed by atoms with E-state index in [1.807, 2.05) is 24.3 Å². The molecular formula is C16H25N3O. The minimum absolute atomic E-state index is 0.155. The number of benzene rings is 1. The first kappa shape index (κ1) is 14.9. The number of oxime groups is 1. The minimum Gasteiger partial charge on any atom is -0.409 e. The molecule has 0 radical (unpaired) electrons. The van der Waals surface area contributed by atoms with Gasteiger partial charge in [0.15, 0.2) is 5.84 Å². The molecule has 1 fully saturated rings. The van der Waals surface area contributed by atoms with Crippen LogP contribution >= 0.6 is 0 Å². The zero-order valence-electron chi connectivity index (χ0n) is 12.2. The fourth-order valence-electron chi connectivity index (χ4n) is 2.96. The molecule has 1 aliphatic carbocycles. The van der Waals surface area contributed by atoms with Gasteiger partial charge < -0.3 is 16.3 Å². The predicted octanol–water partition coefficient (Wildman–Crippen LogP) is 2.84. The van der Waals surface area contributed by atoms with Gasteiger partial charge in [-0.2, -0.15) is 0 Å². The van der Waals surface area contributed by atoms with E-state index in [-0.39, 0.29) is 5.84 Å². The van der Waals surface area contributed by atoms with Crippen LogP contribution in [0.15, 0.2) is 29.4 Å². The fraction of sp³-hybridized carbons (Fsp3) is 0.562. The van der Waals surface area contributed by atoms with Crippen LogP contribution in [0.4, 0.5) is 0 Å². The molecular weight excluding hydrogens is 250 g/mol. The summed E-state index contributed by atoms with van der Waals surface area (Å²) in [6, 6.07) is 8.49. The highest BCUT2D eigenvalue weighted by Crippen LogP contribution is 2.26. The molecule has 0 bridgehead atoms. The van der Waals surface area contributed by atoms with Crippen LogP contribution in [0.2, 0.25) is 0 Å². The maximum Gasteiger partial charge on any atom is 0.170 e. The van der Waals surface area contributed by atoms with Crippen LogP contribution in [0.25, 0.3) is 0 Å². The van der Waals surface area contributed by atoms with Gasteiger partial charge in [-0.15, -0.1) is 0 Å². The first-order chi connectivity index (χ1) is 9.72.